The smallest absolute Gasteiger partial charge is 0.220 e. The van der Waals surface area contributed by atoms with Gasteiger partial charge in [0, 0.05) is 30.6 Å². The zero-order valence-corrected chi connectivity index (χ0v) is 20.7. The number of rotatable bonds is 20. The highest BCUT2D eigenvalue weighted by Crippen LogP contribution is 2.15. The van der Waals surface area contributed by atoms with Crippen molar-refractivity contribution in [1.29, 1.82) is 0 Å². The monoisotopic (exact) mass is 440 g/mol. The van der Waals surface area contributed by atoms with Crippen LogP contribution in [-0.2, 0) is 11.2 Å². The first kappa shape index (κ1) is 26.5. The minimum atomic E-state index is 0.200. The number of para-hydroxylation sites is 1. The summed E-state index contributed by atoms with van der Waals surface area (Å²) in [7, 11) is 0. The molecular weight excluding hydrogens is 392 g/mol. The Kier molecular flexibility index (Phi) is 14.7. The first-order valence-electron chi connectivity index (χ1n) is 13.6. The fourth-order valence-corrected chi connectivity index (χ4v) is 4.53. The van der Waals surface area contributed by atoms with Gasteiger partial charge in [0.15, 0.2) is 0 Å². The van der Waals surface area contributed by atoms with Crippen LogP contribution in [0.3, 0.4) is 0 Å². The molecule has 0 saturated heterocycles. The Labute approximate surface area is 197 Å². The van der Waals surface area contributed by atoms with E-state index in [0.29, 0.717) is 13.0 Å². The van der Waals surface area contributed by atoms with Crippen LogP contribution in [0, 0.1) is 0 Å². The van der Waals surface area contributed by atoms with Crippen LogP contribution in [0.1, 0.15) is 122 Å². The Balaban J connectivity index is 1.31. The van der Waals surface area contributed by atoms with E-state index in [4.69, 9.17) is 0 Å². The maximum atomic E-state index is 12.0. The SMILES string of the molecule is CCCCCCCCCCCCCCCCCCC(=O)NCCc1cc2ccccc2[nH]1. The summed E-state index contributed by atoms with van der Waals surface area (Å²) in [6, 6.07) is 10.5. The van der Waals surface area contributed by atoms with Gasteiger partial charge in [-0.15, -0.1) is 0 Å². The molecule has 0 radical (unpaired) electrons. The van der Waals surface area contributed by atoms with E-state index in [9.17, 15) is 4.79 Å². The van der Waals surface area contributed by atoms with Gasteiger partial charge in [0.05, 0.1) is 0 Å². The highest BCUT2D eigenvalue weighted by atomic mass is 16.1. The first-order valence-corrected chi connectivity index (χ1v) is 13.6. The largest absolute Gasteiger partial charge is 0.358 e. The average Bonchev–Trinajstić information content (AvgIpc) is 3.21. The molecule has 0 aliphatic rings. The Hall–Kier alpha value is -1.77. The van der Waals surface area contributed by atoms with Gasteiger partial charge in [-0.3, -0.25) is 4.79 Å². The van der Waals surface area contributed by atoms with Gasteiger partial charge in [-0.2, -0.15) is 0 Å². The van der Waals surface area contributed by atoms with Crippen molar-refractivity contribution in [2.45, 2.75) is 122 Å². The predicted molar refractivity (Wildman–Crippen MR) is 139 cm³/mol. The van der Waals surface area contributed by atoms with E-state index in [1.807, 2.05) is 6.07 Å². The van der Waals surface area contributed by atoms with Crippen LogP contribution in [-0.4, -0.2) is 17.4 Å². The van der Waals surface area contributed by atoms with Gasteiger partial charge in [-0.05, 0) is 23.9 Å². The van der Waals surface area contributed by atoms with Gasteiger partial charge in [0.2, 0.25) is 5.91 Å². The second-order valence-electron chi connectivity index (χ2n) is 9.54. The summed E-state index contributed by atoms with van der Waals surface area (Å²) in [5.74, 6) is 0.200. The summed E-state index contributed by atoms with van der Waals surface area (Å²) in [5.41, 5.74) is 2.36. The van der Waals surface area contributed by atoms with E-state index in [-0.39, 0.29) is 5.91 Å². The number of unbranched alkanes of at least 4 members (excludes halogenated alkanes) is 15. The highest BCUT2D eigenvalue weighted by Gasteiger charge is 2.03. The Bertz CT molecular complexity index is 688. The molecule has 2 N–H and O–H groups in total. The molecule has 0 saturated carbocycles. The van der Waals surface area contributed by atoms with Crippen molar-refractivity contribution in [3.05, 3.63) is 36.0 Å². The molecule has 1 aromatic carbocycles. The van der Waals surface area contributed by atoms with Gasteiger partial charge in [-0.25, -0.2) is 0 Å². The van der Waals surface area contributed by atoms with Crippen LogP contribution < -0.4 is 5.32 Å². The average molecular weight is 441 g/mol. The third-order valence-corrected chi connectivity index (χ3v) is 6.56. The molecule has 2 rings (SSSR count). The molecule has 2 aromatic rings. The molecule has 0 aliphatic carbocycles. The van der Waals surface area contributed by atoms with Crippen molar-refractivity contribution < 1.29 is 4.79 Å². The number of H-pyrrole nitrogens is 1. The summed E-state index contributed by atoms with van der Waals surface area (Å²) >= 11 is 0. The molecule has 3 nitrogen and oxygen atoms in total. The molecule has 3 heteroatoms. The maximum absolute atomic E-state index is 12.0. The lowest BCUT2D eigenvalue weighted by atomic mass is 10.0. The van der Waals surface area contributed by atoms with Crippen LogP contribution in [0.25, 0.3) is 10.9 Å². The number of hydrogen-bond acceptors (Lipinski definition) is 1. The van der Waals surface area contributed by atoms with Crippen molar-refractivity contribution >= 4 is 16.8 Å². The molecule has 180 valence electrons. The highest BCUT2D eigenvalue weighted by molar-refractivity contribution is 5.80. The fraction of sp³-hybridized carbons (Fsp3) is 0.690. The Morgan fingerprint density at radius 1 is 0.750 bits per heavy atom. The molecule has 0 unspecified atom stereocenters. The summed E-state index contributed by atoms with van der Waals surface area (Å²) in [4.78, 5) is 15.5. The predicted octanol–water partition coefficient (Wildman–Crippen LogP) is 8.48. The van der Waals surface area contributed by atoms with Crippen LogP contribution in [0.4, 0.5) is 0 Å². The van der Waals surface area contributed by atoms with Crippen LogP contribution in [0.5, 0.6) is 0 Å². The molecule has 32 heavy (non-hydrogen) atoms. The van der Waals surface area contributed by atoms with E-state index in [1.165, 1.54) is 113 Å². The van der Waals surface area contributed by atoms with E-state index in [2.05, 4.69) is 41.5 Å². The molecular formula is C29H48N2O. The number of aromatic nitrogens is 1. The summed E-state index contributed by atoms with van der Waals surface area (Å²) in [5, 5.41) is 4.31. The van der Waals surface area contributed by atoms with E-state index >= 15 is 0 Å². The molecule has 0 atom stereocenters. The van der Waals surface area contributed by atoms with Crippen LogP contribution >= 0.6 is 0 Å². The van der Waals surface area contributed by atoms with Gasteiger partial charge in [-0.1, -0.05) is 121 Å². The van der Waals surface area contributed by atoms with Crippen molar-refractivity contribution in [3.63, 3.8) is 0 Å². The normalized spacial score (nSPS) is 11.3. The lowest BCUT2D eigenvalue weighted by Crippen LogP contribution is -2.25. The number of benzene rings is 1. The number of aromatic amines is 1. The number of fused-ring (bicyclic) bond motifs is 1. The zero-order chi connectivity index (χ0) is 22.7. The lowest BCUT2D eigenvalue weighted by Gasteiger charge is -2.05. The summed E-state index contributed by atoms with van der Waals surface area (Å²) in [6.07, 6.45) is 23.4. The molecule has 1 heterocycles. The van der Waals surface area contributed by atoms with E-state index < -0.39 is 0 Å². The maximum Gasteiger partial charge on any atom is 0.220 e. The van der Waals surface area contributed by atoms with Crippen LogP contribution in [0.15, 0.2) is 30.3 Å². The second kappa shape index (κ2) is 17.7. The Morgan fingerprint density at radius 3 is 1.84 bits per heavy atom. The lowest BCUT2D eigenvalue weighted by molar-refractivity contribution is -0.121. The number of hydrogen-bond donors (Lipinski definition) is 2. The zero-order valence-electron chi connectivity index (χ0n) is 20.7. The first-order chi connectivity index (χ1) is 15.8. The third-order valence-electron chi connectivity index (χ3n) is 6.56. The quantitative estimate of drug-likeness (QED) is 0.199. The molecule has 0 spiro atoms. The second-order valence-corrected chi connectivity index (χ2v) is 9.54. The van der Waals surface area contributed by atoms with Crippen molar-refractivity contribution in [2.75, 3.05) is 6.54 Å². The standard InChI is InChI=1S/C29H48N2O/c1-2-3-4-5-6-7-8-9-10-11-12-13-14-15-16-17-22-29(32)30-24-23-27-25-26-20-18-19-21-28(26)31-27/h18-21,25,31H,2-17,22-24H2,1H3,(H,30,32). The topological polar surface area (TPSA) is 44.9 Å². The van der Waals surface area contributed by atoms with Crippen molar-refractivity contribution in [1.82, 2.24) is 10.3 Å². The summed E-state index contributed by atoms with van der Waals surface area (Å²) < 4.78 is 0. The number of carbonyl (C=O) groups is 1. The third kappa shape index (κ3) is 12.3. The number of nitrogens with one attached hydrogen (secondary N) is 2. The van der Waals surface area contributed by atoms with Crippen molar-refractivity contribution in [2.24, 2.45) is 0 Å². The van der Waals surface area contributed by atoms with E-state index in [0.717, 1.165) is 12.8 Å². The van der Waals surface area contributed by atoms with Gasteiger partial charge in [0.1, 0.15) is 0 Å². The van der Waals surface area contributed by atoms with Crippen molar-refractivity contribution in [3.8, 4) is 0 Å². The summed E-state index contributed by atoms with van der Waals surface area (Å²) in [6.45, 7) is 3.00. The van der Waals surface area contributed by atoms with Gasteiger partial charge in [0.25, 0.3) is 0 Å². The molecule has 0 aliphatic heterocycles. The van der Waals surface area contributed by atoms with E-state index in [1.54, 1.807) is 0 Å². The Morgan fingerprint density at radius 2 is 1.28 bits per heavy atom. The minimum absolute atomic E-state index is 0.200. The van der Waals surface area contributed by atoms with Gasteiger partial charge >= 0.3 is 0 Å². The molecule has 0 fully saturated rings. The molecule has 1 aromatic heterocycles. The van der Waals surface area contributed by atoms with Gasteiger partial charge < -0.3 is 10.3 Å². The number of amides is 1. The number of carbonyl (C=O) groups excluding carboxylic acids is 1. The van der Waals surface area contributed by atoms with Crippen LogP contribution in [0.2, 0.25) is 0 Å². The molecule has 1 amide bonds. The minimum Gasteiger partial charge on any atom is -0.358 e. The fourth-order valence-electron chi connectivity index (χ4n) is 4.53. The molecule has 0 bridgehead atoms.